The number of benzene rings is 1. The van der Waals surface area contributed by atoms with E-state index >= 15 is 0 Å². The van der Waals surface area contributed by atoms with Crippen molar-refractivity contribution in [1.82, 2.24) is 9.97 Å². The van der Waals surface area contributed by atoms with Gasteiger partial charge in [0.15, 0.2) is 0 Å². The minimum Gasteiger partial charge on any atom is -0.398 e. The van der Waals surface area contributed by atoms with Crippen molar-refractivity contribution in [3.8, 4) is 0 Å². The Morgan fingerprint density at radius 1 is 1.44 bits per heavy atom. The summed E-state index contributed by atoms with van der Waals surface area (Å²) < 4.78 is 0. The predicted octanol–water partition coefficient (Wildman–Crippen LogP) is 2.64. The molecule has 2 aromatic rings. The molecule has 0 fully saturated rings. The molecule has 1 aromatic carbocycles. The summed E-state index contributed by atoms with van der Waals surface area (Å²) in [4.78, 5) is 19.3. The van der Waals surface area contributed by atoms with Crippen LogP contribution >= 0.6 is 11.8 Å². The average Bonchev–Trinajstić information content (AvgIpc) is 2.31. The molecule has 5 heteroatoms. The molecule has 0 spiro atoms. The molecule has 0 saturated carbocycles. The molecule has 0 radical (unpaired) electrons. The Morgan fingerprint density at radius 3 is 2.94 bits per heavy atom. The summed E-state index contributed by atoms with van der Waals surface area (Å²) in [6.07, 6.45) is 2.56. The Balaban J connectivity index is 2.29. The van der Waals surface area contributed by atoms with Gasteiger partial charge in [0.1, 0.15) is 0 Å². The fraction of sp³-hybridized carbons (Fsp3) is 0.385. The second-order valence-electron chi connectivity index (χ2n) is 4.67. The van der Waals surface area contributed by atoms with Crippen LogP contribution < -0.4 is 11.3 Å². The Bertz CT molecular complexity index is 607. The minimum atomic E-state index is -0.148. The van der Waals surface area contributed by atoms with Crippen molar-refractivity contribution in [2.75, 3.05) is 11.5 Å². The molecule has 3 N–H and O–H groups in total. The zero-order valence-corrected chi connectivity index (χ0v) is 11.4. The topological polar surface area (TPSA) is 71.8 Å². The molecule has 1 aromatic heterocycles. The first kappa shape index (κ1) is 13.0. The largest absolute Gasteiger partial charge is 0.398 e. The number of nitrogen functional groups attached to an aromatic ring is 1. The fourth-order valence-corrected chi connectivity index (χ4v) is 2.87. The van der Waals surface area contributed by atoms with E-state index in [-0.39, 0.29) is 5.56 Å². The standard InChI is InChI=1S/C13H17N3OS/c1-8(2)3-4-18-12-6-11-9(5-10(12)14)13(17)16-7-15-11/h5-8H,3-4,14H2,1-2H3,(H,15,16,17). The second-order valence-corrected chi connectivity index (χ2v) is 5.81. The molecule has 0 unspecified atom stereocenters. The van der Waals surface area contributed by atoms with Crippen molar-refractivity contribution < 1.29 is 0 Å². The third-order valence-electron chi connectivity index (χ3n) is 2.72. The van der Waals surface area contributed by atoms with Crippen molar-refractivity contribution in [2.24, 2.45) is 5.92 Å². The second kappa shape index (κ2) is 5.44. The van der Waals surface area contributed by atoms with Gasteiger partial charge in [-0.3, -0.25) is 4.79 Å². The Kier molecular flexibility index (Phi) is 3.91. The summed E-state index contributed by atoms with van der Waals surface area (Å²) in [5, 5.41) is 0.545. The highest BCUT2D eigenvalue weighted by Gasteiger charge is 2.06. The van der Waals surface area contributed by atoms with Gasteiger partial charge in [0.2, 0.25) is 0 Å². The summed E-state index contributed by atoms with van der Waals surface area (Å²) in [6, 6.07) is 3.60. The lowest BCUT2D eigenvalue weighted by Crippen LogP contribution is -2.07. The summed E-state index contributed by atoms with van der Waals surface area (Å²) in [5.74, 6) is 1.71. The van der Waals surface area contributed by atoms with Crippen LogP contribution in [0.15, 0.2) is 28.2 Å². The van der Waals surface area contributed by atoms with Crippen LogP contribution in [-0.2, 0) is 0 Å². The summed E-state index contributed by atoms with van der Waals surface area (Å²) in [5.41, 5.74) is 7.17. The number of nitrogens with two attached hydrogens (primary N) is 1. The zero-order chi connectivity index (χ0) is 13.1. The first-order chi connectivity index (χ1) is 8.58. The summed E-state index contributed by atoms with van der Waals surface area (Å²) in [6.45, 7) is 4.40. The van der Waals surface area contributed by atoms with Crippen LogP contribution in [0.1, 0.15) is 20.3 Å². The lowest BCUT2D eigenvalue weighted by atomic mass is 10.2. The lowest BCUT2D eigenvalue weighted by Gasteiger charge is -2.08. The van der Waals surface area contributed by atoms with Gasteiger partial charge in [-0.15, -0.1) is 11.8 Å². The van der Waals surface area contributed by atoms with E-state index in [4.69, 9.17) is 5.73 Å². The van der Waals surface area contributed by atoms with Crippen LogP contribution in [0, 0.1) is 5.92 Å². The van der Waals surface area contributed by atoms with Crippen molar-refractivity contribution in [1.29, 1.82) is 0 Å². The maximum Gasteiger partial charge on any atom is 0.258 e. The summed E-state index contributed by atoms with van der Waals surface area (Å²) in [7, 11) is 0. The molecule has 18 heavy (non-hydrogen) atoms. The van der Waals surface area contributed by atoms with Gasteiger partial charge in [0.25, 0.3) is 5.56 Å². The maximum atomic E-state index is 11.6. The van der Waals surface area contributed by atoms with Gasteiger partial charge in [-0.1, -0.05) is 13.8 Å². The highest BCUT2D eigenvalue weighted by Crippen LogP contribution is 2.29. The predicted molar refractivity (Wildman–Crippen MR) is 77.0 cm³/mol. The number of rotatable bonds is 4. The fourth-order valence-electron chi connectivity index (χ4n) is 1.64. The Hall–Kier alpha value is -1.49. The minimum absolute atomic E-state index is 0.148. The number of fused-ring (bicyclic) bond motifs is 1. The van der Waals surface area contributed by atoms with Crippen LogP contribution in [0.5, 0.6) is 0 Å². The maximum absolute atomic E-state index is 11.6. The molecular weight excluding hydrogens is 246 g/mol. The number of hydrogen-bond donors (Lipinski definition) is 2. The Morgan fingerprint density at radius 2 is 2.22 bits per heavy atom. The smallest absolute Gasteiger partial charge is 0.258 e. The molecule has 0 saturated heterocycles. The molecule has 0 amide bonds. The first-order valence-corrected chi connectivity index (χ1v) is 6.96. The van der Waals surface area contributed by atoms with Gasteiger partial charge in [-0.05, 0) is 30.2 Å². The van der Waals surface area contributed by atoms with Crippen LogP contribution in [0.2, 0.25) is 0 Å². The van der Waals surface area contributed by atoms with E-state index in [9.17, 15) is 4.79 Å². The highest BCUT2D eigenvalue weighted by atomic mass is 32.2. The van der Waals surface area contributed by atoms with Gasteiger partial charge < -0.3 is 10.7 Å². The molecule has 1 heterocycles. The van der Waals surface area contributed by atoms with Crippen LogP contribution in [0.4, 0.5) is 5.69 Å². The van der Waals surface area contributed by atoms with E-state index in [0.717, 1.165) is 17.1 Å². The van der Waals surface area contributed by atoms with Gasteiger partial charge in [0, 0.05) is 10.6 Å². The molecule has 0 aliphatic carbocycles. The molecule has 0 atom stereocenters. The number of nitrogens with zero attached hydrogens (tertiary/aromatic N) is 1. The van der Waals surface area contributed by atoms with Crippen LogP contribution in [-0.4, -0.2) is 15.7 Å². The third kappa shape index (κ3) is 2.85. The van der Waals surface area contributed by atoms with E-state index in [0.29, 0.717) is 22.5 Å². The number of nitrogens with one attached hydrogen (secondary N) is 1. The first-order valence-electron chi connectivity index (χ1n) is 5.97. The number of hydrogen-bond acceptors (Lipinski definition) is 4. The van der Waals surface area contributed by atoms with E-state index < -0.39 is 0 Å². The van der Waals surface area contributed by atoms with E-state index in [1.54, 1.807) is 17.8 Å². The molecule has 96 valence electrons. The normalized spacial score (nSPS) is 11.3. The van der Waals surface area contributed by atoms with E-state index in [1.165, 1.54) is 6.33 Å². The van der Waals surface area contributed by atoms with Crippen LogP contribution in [0.25, 0.3) is 10.9 Å². The third-order valence-corrected chi connectivity index (χ3v) is 3.83. The van der Waals surface area contributed by atoms with Gasteiger partial charge >= 0.3 is 0 Å². The number of thioether (sulfide) groups is 1. The zero-order valence-electron chi connectivity index (χ0n) is 10.6. The Labute approximate surface area is 110 Å². The summed E-state index contributed by atoms with van der Waals surface area (Å²) >= 11 is 1.72. The number of aromatic nitrogens is 2. The number of H-pyrrole nitrogens is 1. The number of anilines is 1. The SMILES string of the molecule is CC(C)CCSc1cc2nc[nH]c(=O)c2cc1N. The van der Waals surface area contributed by atoms with Gasteiger partial charge in [-0.2, -0.15) is 0 Å². The van der Waals surface area contributed by atoms with Crippen molar-refractivity contribution in [2.45, 2.75) is 25.2 Å². The highest BCUT2D eigenvalue weighted by molar-refractivity contribution is 7.99. The molecule has 0 aliphatic rings. The van der Waals surface area contributed by atoms with Crippen molar-refractivity contribution in [3.63, 3.8) is 0 Å². The van der Waals surface area contributed by atoms with Crippen molar-refractivity contribution in [3.05, 3.63) is 28.8 Å². The number of aromatic amines is 1. The monoisotopic (exact) mass is 263 g/mol. The molecular formula is C13H17N3OS. The molecule has 4 nitrogen and oxygen atoms in total. The van der Waals surface area contributed by atoms with Gasteiger partial charge in [-0.25, -0.2) is 4.98 Å². The molecule has 0 bridgehead atoms. The quantitative estimate of drug-likeness (QED) is 0.657. The van der Waals surface area contributed by atoms with E-state index in [2.05, 4.69) is 23.8 Å². The average molecular weight is 263 g/mol. The lowest BCUT2D eigenvalue weighted by molar-refractivity contribution is 0.632. The van der Waals surface area contributed by atoms with Crippen molar-refractivity contribution >= 4 is 28.4 Å². The van der Waals surface area contributed by atoms with Crippen LogP contribution in [0.3, 0.4) is 0 Å². The molecule has 0 aliphatic heterocycles. The van der Waals surface area contributed by atoms with Gasteiger partial charge in [0.05, 0.1) is 17.2 Å². The molecule has 2 rings (SSSR count). The van der Waals surface area contributed by atoms with E-state index in [1.807, 2.05) is 6.07 Å².